The molecule has 1 heterocycles. The molecule has 0 aromatic heterocycles. The predicted octanol–water partition coefficient (Wildman–Crippen LogP) is -0.405. The minimum atomic E-state index is -2.86. The summed E-state index contributed by atoms with van der Waals surface area (Å²) in [4.78, 5) is 2.16. The maximum atomic E-state index is 11.5. The van der Waals surface area contributed by atoms with E-state index in [0.717, 1.165) is 6.54 Å². The number of hydrogen-bond donors (Lipinski definition) is 2. The lowest BCUT2D eigenvalue weighted by Gasteiger charge is -2.33. The van der Waals surface area contributed by atoms with E-state index < -0.39 is 15.4 Å². The van der Waals surface area contributed by atoms with Crippen LogP contribution in [0.2, 0.25) is 0 Å². The number of hydrogen-bond acceptors (Lipinski definition) is 5. The number of sulfone groups is 1. The standard InChI is InChI=1S/C11H24N2O3S/c1-10(8-11(2,12)9-14)13-4-3-6-17(15,16)7-5-13/h10,14H,3-9,12H2,1-2H3. The fourth-order valence-electron chi connectivity index (χ4n) is 2.27. The topological polar surface area (TPSA) is 83.6 Å². The predicted molar refractivity (Wildman–Crippen MR) is 68.6 cm³/mol. The van der Waals surface area contributed by atoms with Gasteiger partial charge >= 0.3 is 0 Å². The van der Waals surface area contributed by atoms with E-state index in [2.05, 4.69) is 4.90 Å². The monoisotopic (exact) mass is 264 g/mol. The van der Waals surface area contributed by atoms with E-state index in [1.807, 2.05) is 13.8 Å². The minimum absolute atomic E-state index is 0.0521. The highest BCUT2D eigenvalue weighted by Gasteiger charge is 2.27. The number of nitrogens with zero attached hydrogens (tertiary/aromatic N) is 1. The molecule has 1 fully saturated rings. The van der Waals surface area contributed by atoms with Gasteiger partial charge in [-0.2, -0.15) is 0 Å². The lowest BCUT2D eigenvalue weighted by Crippen LogP contribution is -2.47. The third-order valence-electron chi connectivity index (χ3n) is 3.34. The van der Waals surface area contributed by atoms with E-state index in [9.17, 15) is 8.42 Å². The van der Waals surface area contributed by atoms with Gasteiger partial charge < -0.3 is 10.8 Å². The molecule has 0 radical (unpaired) electrons. The molecule has 102 valence electrons. The smallest absolute Gasteiger partial charge is 0.151 e. The maximum Gasteiger partial charge on any atom is 0.151 e. The fraction of sp³-hybridized carbons (Fsp3) is 1.00. The Morgan fingerprint density at radius 1 is 1.41 bits per heavy atom. The van der Waals surface area contributed by atoms with Crippen LogP contribution in [0.15, 0.2) is 0 Å². The average molecular weight is 264 g/mol. The fourth-order valence-corrected chi connectivity index (χ4v) is 3.55. The summed E-state index contributed by atoms with van der Waals surface area (Å²) in [5, 5.41) is 9.14. The van der Waals surface area contributed by atoms with Crippen molar-refractivity contribution in [1.82, 2.24) is 4.90 Å². The molecular weight excluding hydrogens is 240 g/mol. The van der Waals surface area contributed by atoms with Gasteiger partial charge in [-0.3, -0.25) is 4.90 Å². The Labute approximate surface area is 104 Å². The first-order chi connectivity index (χ1) is 7.76. The molecule has 0 bridgehead atoms. The lowest BCUT2D eigenvalue weighted by atomic mass is 9.95. The van der Waals surface area contributed by atoms with Crippen molar-refractivity contribution < 1.29 is 13.5 Å². The molecular formula is C11H24N2O3S. The van der Waals surface area contributed by atoms with Crippen molar-refractivity contribution in [2.75, 3.05) is 31.2 Å². The van der Waals surface area contributed by atoms with Crippen molar-refractivity contribution in [2.45, 2.75) is 38.3 Å². The molecule has 17 heavy (non-hydrogen) atoms. The third-order valence-corrected chi connectivity index (χ3v) is 5.05. The van der Waals surface area contributed by atoms with Crippen molar-refractivity contribution in [2.24, 2.45) is 5.73 Å². The molecule has 1 rings (SSSR count). The second kappa shape index (κ2) is 5.65. The van der Waals surface area contributed by atoms with Crippen LogP contribution in [-0.2, 0) is 9.84 Å². The average Bonchev–Trinajstić information content (AvgIpc) is 2.39. The van der Waals surface area contributed by atoms with Gasteiger partial charge in [-0.15, -0.1) is 0 Å². The van der Waals surface area contributed by atoms with Crippen molar-refractivity contribution in [3.63, 3.8) is 0 Å². The van der Waals surface area contributed by atoms with Crippen LogP contribution in [0.1, 0.15) is 26.7 Å². The van der Waals surface area contributed by atoms with Gasteiger partial charge in [0.1, 0.15) is 0 Å². The summed E-state index contributed by atoms with van der Waals surface area (Å²) in [5.41, 5.74) is 5.33. The van der Waals surface area contributed by atoms with E-state index >= 15 is 0 Å². The van der Waals surface area contributed by atoms with Gasteiger partial charge in [0.05, 0.1) is 18.1 Å². The van der Waals surface area contributed by atoms with Crippen LogP contribution in [0.3, 0.4) is 0 Å². The van der Waals surface area contributed by atoms with Crippen LogP contribution in [-0.4, -0.2) is 61.2 Å². The lowest BCUT2D eigenvalue weighted by molar-refractivity contribution is 0.142. The highest BCUT2D eigenvalue weighted by Crippen LogP contribution is 2.16. The summed E-state index contributed by atoms with van der Waals surface area (Å²) in [6.07, 6.45) is 1.36. The zero-order chi connectivity index (χ0) is 13.1. The summed E-state index contributed by atoms with van der Waals surface area (Å²) in [5.74, 6) is 0.522. The highest BCUT2D eigenvalue weighted by atomic mass is 32.2. The van der Waals surface area contributed by atoms with Crippen LogP contribution < -0.4 is 5.73 Å². The van der Waals surface area contributed by atoms with Gasteiger partial charge in [0.25, 0.3) is 0 Å². The first kappa shape index (κ1) is 14.9. The summed E-state index contributed by atoms with van der Waals surface area (Å²) in [6.45, 7) is 5.17. The molecule has 0 saturated carbocycles. The van der Waals surface area contributed by atoms with Crippen LogP contribution in [0.5, 0.6) is 0 Å². The number of aliphatic hydroxyl groups is 1. The largest absolute Gasteiger partial charge is 0.394 e. The van der Waals surface area contributed by atoms with Crippen molar-refractivity contribution in [3.05, 3.63) is 0 Å². The van der Waals surface area contributed by atoms with E-state index in [1.54, 1.807) is 0 Å². The summed E-state index contributed by atoms with van der Waals surface area (Å²) in [6, 6.07) is 0.199. The number of aliphatic hydroxyl groups excluding tert-OH is 1. The van der Waals surface area contributed by atoms with E-state index in [0.29, 0.717) is 19.4 Å². The van der Waals surface area contributed by atoms with Gasteiger partial charge in [0.15, 0.2) is 9.84 Å². The molecule has 0 spiro atoms. The molecule has 0 aromatic carbocycles. The molecule has 1 aliphatic heterocycles. The second-order valence-electron chi connectivity index (χ2n) is 5.41. The first-order valence-electron chi connectivity index (χ1n) is 6.10. The van der Waals surface area contributed by atoms with Gasteiger partial charge in [0, 0.05) is 18.1 Å². The molecule has 0 aliphatic carbocycles. The van der Waals surface area contributed by atoms with E-state index in [1.165, 1.54) is 0 Å². The maximum absolute atomic E-state index is 11.5. The van der Waals surface area contributed by atoms with Crippen LogP contribution in [0.4, 0.5) is 0 Å². The zero-order valence-electron chi connectivity index (χ0n) is 10.7. The quantitative estimate of drug-likeness (QED) is 0.721. The molecule has 1 aliphatic rings. The van der Waals surface area contributed by atoms with Crippen LogP contribution in [0, 0.1) is 0 Å². The van der Waals surface area contributed by atoms with Gasteiger partial charge in [0.2, 0.25) is 0 Å². The molecule has 0 amide bonds. The van der Waals surface area contributed by atoms with Crippen molar-refractivity contribution in [3.8, 4) is 0 Å². The Balaban J connectivity index is 2.56. The van der Waals surface area contributed by atoms with Crippen LogP contribution >= 0.6 is 0 Å². The van der Waals surface area contributed by atoms with Crippen molar-refractivity contribution >= 4 is 9.84 Å². The Kier molecular flexibility index (Phi) is 4.95. The summed E-state index contributed by atoms with van der Waals surface area (Å²) in [7, 11) is -2.86. The Morgan fingerprint density at radius 3 is 2.65 bits per heavy atom. The highest BCUT2D eigenvalue weighted by molar-refractivity contribution is 7.91. The normalized spacial score (nSPS) is 27.1. The second-order valence-corrected chi connectivity index (χ2v) is 7.71. The molecule has 6 heteroatoms. The Morgan fingerprint density at radius 2 is 2.06 bits per heavy atom. The minimum Gasteiger partial charge on any atom is -0.394 e. The Bertz CT molecular complexity index is 341. The summed E-state index contributed by atoms with van der Waals surface area (Å²) < 4.78 is 23.0. The molecule has 5 nitrogen and oxygen atoms in total. The Hall–Kier alpha value is -0.170. The zero-order valence-corrected chi connectivity index (χ0v) is 11.5. The third kappa shape index (κ3) is 4.91. The van der Waals surface area contributed by atoms with Crippen LogP contribution in [0.25, 0.3) is 0 Å². The molecule has 3 N–H and O–H groups in total. The SMILES string of the molecule is CC(CC(C)(N)CO)N1CCCS(=O)(=O)CC1. The molecule has 2 atom stereocenters. The molecule has 0 aromatic rings. The van der Waals surface area contributed by atoms with Gasteiger partial charge in [-0.1, -0.05) is 0 Å². The number of rotatable bonds is 4. The number of nitrogens with two attached hydrogens (primary N) is 1. The molecule has 1 saturated heterocycles. The van der Waals surface area contributed by atoms with E-state index in [-0.39, 0.29) is 24.2 Å². The first-order valence-corrected chi connectivity index (χ1v) is 7.92. The van der Waals surface area contributed by atoms with E-state index in [4.69, 9.17) is 10.8 Å². The van der Waals surface area contributed by atoms with Crippen molar-refractivity contribution in [1.29, 1.82) is 0 Å². The van der Waals surface area contributed by atoms with Gasteiger partial charge in [-0.25, -0.2) is 8.42 Å². The molecule has 2 unspecified atom stereocenters. The summed E-state index contributed by atoms with van der Waals surface area (Å²) >= 11 is 0. The van der Waals surface area contributed by atoms with Gasteiger partial charge in [-0.05, 0) is 33.2 Å².